The van der Waals surface area contributed by atoms with E-state index in [1.165, 1.54) is 19.2 Å². The number of aromatic amines is 1. The second-order valence-corrected chi connectivity index (χ2v) is 8.15. The van der Waals surface area contributed by atoms with Gasteiger partial charge >= 0.3 is 0 Å². The monoisotopic (exact) mass is 464 g/mol. The van der Waals surface area contributed by atoms with Gasteiger partial charge in [0.15, 0.2) is 11.5 Å². The summed E-state index contributed by atoms with van der Waals surface area (Å²) in [4.78, 5) is 24.5. The van der Waals surface area contributed by atoms with Crippen molar-refractivity contribution in [3.63, 3.8) is 0 Å². The SMILES string of the molecule is COc1cc2c(=O)[nH]c(Cc3ccc(-c4cc(F)cc(F)c4)nc3)nc2cc1O[C@H]1CCNC1. The van der Waals surface area contributed by atoms with Crippen molar-refractivity contribution in [3.05, 3.63) is 82.0 Å². The molecule has 5 rings (SSSR count). The molecule has 1 saturated heterocycles. The Labute approximate surface area is 193 Å². The van der Waals surface area contributed by atoms with Crippen LogP contribution in [0.2, 0.25) is 0 Å². The lowest BCUT2D eigenvalue weighted by atomic mass is 10.1. The Morgan fingerprint density at radius 3 is 2.59 bits per heavy atom. The number of benzene rings is 2. The summed E-state index contributed by atoms with van der Waals surface area (Å²) in [6.45, 7) is 1.64. The van der Waals surface area contributed by atoms with E-state index in [4.69, 9.17) is 9.47 Å². The maximum Gasteiger partial charge on any atom is 0.258 e. The smallest absolute Gasteiger partial charge is 0.258 e. The van der Waals surface area contributed by atoms with E-state index in [0.717, 1.165) is 31.1 Å². The Kier molecular flexibility index (Phi) is 5.93. The Hall–Kier alpha value is -3.85. The molecule has 0 radical (unpaired) electrons. The summed E-state index contributed by atoms with van der Waals surface area (Å²) >= 11 is 0. The quantitative estimate of drug-likeness (QED) is 0.453. The highest BCUT2D eigenvalue weighted by atomic mass is 19.1. The lowest BCUT2D eigenvalue weighted by Gasteiger charge is -2.16. The van der Waals surface area contributed by atoms with Gasteiger partial charge in [0.05, 0.1) is 23.7 Å². The van der Waals surface area contributed by atoms with Crippen molar-refractivity contribution in [1.82, 2.24) is 20.3 Å². The maximum atomic E-state index is 13.5. The Morgan fingerprint density at radius 2 is 1.91 bits per heavy atom. The highest BCUT2D eigenvalue weighted by Gasteiger charge is 2.19. The molecule has 0 unspecified atom stereocenters. The van der Waals surface area contributed by atoms with Crippen LogP contribution >= 0.6 is 0 Å². The minimum absolute atomic E-state index is 0.0315. The molecular formula is C25H22F2N4O3. The molecule has 174 valence electrons. The summed E-state index contributed by atoms with van der Waals surface area (Å²) in [7, 11) is 1.53. The molecule has 1 aliphatic rings. The molecule has 4 aromatic rings. The lowest BCUT2D eigenvalue weighted by molar-refractivity contribution is 0.213. The fraction of sp³-hybridized carbons (Fsp3) is 0.240. The van der Waals surface area contributed by atoms with Gasteiger partial charge in [0.1, 0.15) is 23.6 Å². The molecule has 3 heterocycles. The third-order valence-electron chi connectivity index (χ3n) is 5.70. The van der Waals surface area contributed by atoms with Gasteiger partial charge in [-0.2, -0.15) is 0 Å². The summed E-state index contributed by atoms with van der Waals surface area (Å²) in [6.07, 6.45) is 2.84. The van der Waals surface area contributed by atoms with Crippen molar-refractivity contribution in [2.24, 2.45) is 0 Å². The van der Waals surface area contributed by atoms with Crippen LogP contribution in [0.15, 0.2) is 53.5 Å². The molecule has 0 aliphatic carbocycles. The van der Waals surface area contributed by atoms with E-state index >= 15 is 0 Å². The van der Waals surface area contributed by atoms with Gasteiger partial charge < -0.3 is 19.8 Å². The second-order valence-electron chi connectivity index (χ2n) is 8.15. The molecule has 9 heteroatoms. The lowest BCUT2D eigenvalue weighted by Crippen LogP contribution is -2.20. The molecule has 0 amide bonds. The van der Waals surface area contributed by atoms with Crippen molar-refractivity contribution in [3.8, 4) is 22.8 Å². The van der Waals surface area contributed by atoms with E-state index in [2.05, 4.69) is 20.3 Å². The fourth-order valence-electron chi connectivity index (χ4n) is 4.03. The minimum atomic E-state index is -0.664. The van der Waals surface area contributed by atoms with Gasteiger partial charge in [-0.25, -0.2) is 13.8 Å². The van der Waals surface area contributed by atoms with Gasteiger partial charge in [0.2, 0.25) is 0 Å². The Bertz CT molecular complexity index is 1380. The molecule has 2 aromatic heterocycles. The third kappa shape index (κ3) is 4.60. The number of hydrogen-bond acceptors (Lipinski definition) is 6. The zero-order valence-corrected chi connectivity index (χ0v) is 18.4. The molecule has 2 N–H and O–H groups in total. The van der Waals surface area contributed by atoms with Crippen molar-refractivity contribution in [1.29, 1.82) is 0 Å². The zero-order chi connectivity index (χ0) is 23.7. The van der Waals surface area contributed by atoms with Crippen LogP contribution in [-0.4, -0.2) is 41.3 Å². The van der Waals surface area contributed by atoms with E-state index in [1.807, 2.05) is 0 Å². The number of nitrogens with zero attached hydrogens (tertiary/aromatic N) is 2. The van der Waals surface area contributed by atoms with Crippen LogP contribution < -0.4 is 20.3 Å². The van der Waals surface area contributed by atoms with Crippen LogP contribution in [0.1, 0.15) is 17.8 Å². The first-order valence-electron chi connectivity index (χ1n) is 10.9. The molecule has 0 bridgehead atoms. The highest BCUT2D eigenvalue weighted by molar-refractivity contribution is 5.81. The van der Waals surface area contributed by atoms with E-state index in [9.17, 15) is 13.6 Å². The fourth-order valence-corrected chi connectivity index (χ4v) is 4.03. The predicted octanol–water partition coefficient (Wildman–Crippen LogP) is 3.60. The van der Waals surface area contributed by atoms with Crippen molar-refractivity contribution in [2.75, 3.05) is 20.2 Å². The summed E-state index contributed by atoms with van der Waals surface area (Å²) in [6, 6.07) is 10.1. The van der Waals surface area contributed by atoms with Crippen molar-refractivity contribution < 1.29 is 18.3 Å². The standard InChI is InChI=1S/C25H22F2N4O3/c1-33-22-10-19-21(11-23(22)34-18-4-5-28-13-18)30-24(31-25(19)32)6-14-2-3-20(29-12-14)15-7-16(26)9-17(27)8-15/h2-3,7-12,18,28H,4-6,13H2,1H3,(H,30,31,32)/t18-/m0/s1. The number of halogens is 2. The zero-order valence-electron chi connectivity index (χ0n) is 18.4. The number of pyridine rings is 1. The van der Waals surface area contributed by atoms with E-state index in [-0.39, 0.29) is 11.7 Å². The molecule has 2 aromatic carbocycles. The average molecular weight is 464 g/mol. The molecule has 0 saturated carbocycles. The second kappa shape index (κ2) is 9.18. The number of nitrogens with one attached hydrogen (secondary N) is 2. The number of rotatable bonds is 6. The van der Waals surface area contributed by atoms with Crippen LogP contribution in [0, 0.1) is 11.6 Å². The number of aromatic nitrogens is 3. The first kappa shape index (κ1) is 22.0. The van der Waals surface area contributed by atoms with Crippen LogP contribution in [0.25, 0.3) is 22.2 Å². The average Bonchev–Trinajstić information content (AvgIpc) is 3.32. The summed E-state index contributed by atoms with van der Waals surface area (Å²) < 4.78 is 38.5. The van der Waals surface area contributed by atoms with Gasteiger partial charge in [-0.05, 0) is 42.8 Å². The first-order valence-corrected chi connectivity index (χ1v) is 10.9. The van der Waals surface area contributed by atoms with Crippen LogP contribution in [0.3, 0.4) is 0 Å². The van der Waals surface area contributed by atoms with Gasteiger partial charge in [-0.1, -0.05) is 6.07 Å². The Morgan fingerprint density at radius 1 is 1.09 bits per heavy atom. The van der Waals surface area contributed by atoms with E-state index in [1.54, 1.807) is 30.5 Å². The number of ether oxygens (including phenoxy) is 2. The van der Waals surface area contributed by atoms with Gasteiger partial charge in [0.25, 0.3) is 5.56 Å². The number of hydrogen-bond donors (Lipinski definition) is 2. The maximum absolute atomic E-state index is 13.5. The molecular weight excluding hydrogens is 442 g/mol. The highest BCUT2D eigenvalue weighted by Crippen LogP contribution is 2.32. The molecule has 0 spiro atoms. The summed E-state index contributed by atoms with van der Waals surface area (Å²) in [5, 5.41) is 3.66. The van der Waals surface area contributed by atoms with E-state index in [0.29, 0.717) is 45.9 Å². The third-order valence-corrected chi connectivity index (χ3v) is 5.70. The predicted molar refractivity (Wildman–Crippen MR) is 123 cm³/mol. The molecule has 7 nitrogen and oxygen atoms in total. The largest absolute Gasteiger partial charge is 0.493 e. The van der Waals surface area contributed by atoms with Gasteiger partial charge in [-0.15, -0.1) is 0 Å². The minimum Gasteiger partial charge on any atom is -0.493 e. The van der Waals surface area contributed by atoms with Crippen LogP contribution in [-0.2, 0) is 6.42 Å². The number of H-pyrrole nitrogens is 1. The molecule has 1 atom stereocenters. The van der Waals surface area contributed by atoms with Crippen LogP contribution in [0.5, 0.6) is 11.5 Å². The summed E-state index contributed by atoms with van der Waals surface area (Å²) in [5.41, 5.74) is 1.79. The number of methoxy groups -OCH3 is 1. The molecule has 34 heavy (non-hydrogen) atoms. The molecule has 1 aliphatic heterocycles. The number of fused-ring (bicyclic) bond motifs is 1. The van der Waals surface area contributed by atoms with E-state index < -0.39 is 11.6 Å². The van der Waals surface area contributed by atoms with Gasteiger partial charge in [-0.3, -0.25) is 9.78 Å². The van der Waals surface area contributed by atoms with Crippen LogP contribution in [0.4, 0.5) is 8.78 Å². The first-order chi connectivity index (χ1) is 16.5. The van der Waals surface area contributed by atoms with Gasteiger partial charge in [0, 0.05) is 36.9 Å². The molecule has 1 fully saturated rings. The van der Waals surface area contributed by atoms with Crippen molar-refractivity contribution in [2.45, 2.75) is 18.9 Å². The van der Waals surface area contributed by atoms with Crippen molar-refractivity contribution >= 4 is 10.9 Å². The summed E-state index contributed by atoms with van der Waals surface area (Å²) in [5.74, 6) is 0.155. The Balaban J connectivity index is 1.42. The topological polar surface area (TPSA) is 89.1 Å². The normalized spacial score (nSPS) is 15.6.